The Morgan fingerprint density at radius 2 is 0.455 bits per heavy atom. The molecule has 0 fully saturated rings. The second-order valence-corrected chi connectivity index (χ2v) is 33.8. The number of rotatable bonds is 80. The number of hydrogen-bond acceptors (Lipinski definition) is 15. The van der Waals surface area contributed by atoms with E-state index in [0.29, 0.717) is 25.7 Å². The summed E-state index contributed by atoms with van der Waals surface area (Å²) in [6.07, 6.45) is 60.9. The molecule has 19 heteroatoms. The molecule has 0 aliphatic carbocycles. The van der Waals surface area contributed by atoms with Crippen LogP contribution in [0.5, 0.6) is 0 Å². The minimum atomic E-state index is -4.96. The molecular formula is C82H160O17P2. The van der Waals surface area contributed by atoms with Gasteiger partial charge in [-0.1, -0.05) is 376 Å². The van der Waals surface area contributed by atoms with Gasteiger partial charge in [0.2, 0.25) is 0 Å². The molecule has 17 nitrogen and oxygen atoms in total. The van der Waals surface area contributed by atoms with Gasteiger partial charge in [0.05, 0.1) is 26.4 Å². The maximum atomic E-state index is 13.1. The van der Waals surface area contributed by atoms with E-state index < -0.39 is 97.5 Å². The summed E-state index contributed by atoms with van der Waals surface area (Å²) in [5.74, 6) is 0.266. The quantitative estimate of drug-likeness (QED) is 0.0222. The zero-order valence-corrected chi connectivity index (χ0v) is 68.2. The molecule has 0 saturated carbocycles. The molecule has 0 rings (SSSR count). The molecule has 600 valence electrons. The normalized spacial score (nSPS) is 14.0. The Balaban J connectivity index is 5.25. The zero-order valence-electron chi connectivity index (χ0n) is 66.4. The van der Waals surface area contributed by atoms with Crippen LogP contribution in [0.2, 0.25) is 0 Å². The predicted molar refractivity (Wildman–Crippen MR) is 414 cm³/mol. The summed E-state index contributed by atoms with van der Waals surface area (Å²) in [6.45, 7) is 12.0. The first-order chi connectivity index (χ1) is 48.7. The highest BCUT2D eigenvalue weighted by atomic mass is 31.2. The fraction of sp³-hybridized carbons (Fsp3) is 0.951. The summed E-state index contributed by atoms with van der Waals surface area (Å²) < 4.78 is 68.8. The number of aliphatic hydroxyl groups excluding tert-OH is 1. The minimum Gasteiger partial charge on any atom is -0.462 e. The van der Waals surface area contributed by atoms with Crippen LogP contribution in [0.25, 0.3) is 0 Å². The van der Waals surface area contributed by atoms with Gasteiger partial charge in [-0.25, -0.2) is 9.13 Å². The lowest BCUT2D eigenvalue weighted by Gasteiger charge is -2.21. The lowest BCUT2D eigenvalue weighted by atomic mass is 10.0. The second kappa shape index (κ2) is 72.3. The van der Waals surface area contributed by atoms with Crippen LogP contribution < -0.4 is 0 Å². The third-order valence-electron chi connectivity index (χ3n) is 19.1. The lowest BCUT2D eigenvalue weighted by molar-refractivity contribution is -0.161. The Kier molecular flexibility index (Phi) is 70.9. The average molecular weight is 1480 g/mol. The van der Waals surface area contributed by atoms with Crippen LogP contribution in [-0.4, -0.2) is 96.7 Å². The van der Waals surface area contributed by atoms with E-state index in [9.17, 15) is 43.2 Å². The first kappa shape index (κ1) is 99.1. The summed E-state index contributed by atoms with van der Waals surface area (Å²) in [4.78, 5) is 73.1. The fourth-order valence-corrected chi connectivity index (χ4v) is 14.2. The van der Waals surface area contributed by atoms with Crippen LogP contribution in [0.3, 0.4) is 0 Å². The Labute approximate surface area is 619 Å². The molecule has 0 bridgehead atoms. The first-order valence-corrected chi connectivity index (χ1v) is 45.3. The van der Waals surface area contributed by atoms with Gasteiger partial charge in [0.1, 0.15) is 19.3 Å². The van der Waals surface area contributed by atoms with Crippen molar-refractivity contribution in [2.75, 3.05) is 39.6 Å². The molecule has 2 unspecified atom stereocenters. The van der Waals surface area contributed by atoms with Crippen LogP contribution in [0.1, 0.15) is 427 Å². The predicted octanol–water partition coefficient (Wildman–Crippen LogP) is 24.5. The van der Waals surface area contributed by atoms with Crippen LogP contribution in [0, 0.1) is 17.8 Å². The summed E-state index contributed by atoms with van der Waals surface area (Å²) >= 11 is 0. The Morgan fingerprint density at radius 1 is 0.267 bits per heavy atom. The van der Waals surface area contributed by atoms with E-state index >= 15 is 0 Å². The molecule has 0 saturated heterocycles. The molecule has 0 aliphatic rings. The van der Waals surface area contributed by atoms with Crippen molar-refractivity contribution in [3.05, 3.63) is 0 Å². The van der Waals surface area contributed by atoms with Crippen molar-refractivity contribution in [1.29, 1.82) is 0 Å². The van der Waals surface area contributed by atoms with E-state index in [-0.39, 0.29) is 25.7 Å². The van der Waals surface area contributed by atoms with E-state index in [2.05, 4.69) is 48.5 Å². The third-order valence-corrected chi connectivity index (χ3v) is 21.0. The molecule has 101 heavy (non-hydrogen) atoms. The molecular weight excluding hydrogens is 1320 g/mol. The minimum absolute atomic E-state index is 0.107. The monoisotopic (exact) mass is 1480 g/mol. The topological polar surface area (TPSA) is 237 Å². The van der Waals surface area contributed by atoms with Gasteiger partial charge in [-0.3, -0.25) is 37.3 Å². The molecule has 0 aromatic heterocycles. The number of phosphoric acid groups is 2. The van der Waals surface area contributed by atoms with Crippen molar-refractivity contribution in [1.82, 2.24) is 0 Å². The van der Waals surface area contributed by atoms with E-state index in [1.807, 2.05) is 0 Å². The maximum Gasteiger partial charge on any atom is 0.472 e. The maximum absolute atomic E-state index is 13.1. The summed E-state index contributed by atoms with van der Waals surface area (Å²) in [6, 6.07) is 0. The van der Waals surface area contributed by atoms with E-state index in [0.717, 1.165) is 108 Å². The van der Waals surface area contributed by atoms with Gasteiger partial charge in [0.15, 0.2) is 12.2 Å². The Morgan fingerprint density at radius 3 is 0.673 bits per heavy atom. The van der Waals surface area contributed by atoms with Crippen LogP contribution in [0.15, 0.2) is 0 Å². The van der Waals surface area contributed by atoms with Gasteiger partial charge in [-0.15, -0.1) is 0 Å². The Bertz CT molecular complexity index is 1960. The average Bonchev–Trinajstić information content (AvgIpc) is 1.00. The summed E-state index contributed by atoms with van der Waals surface area (Å²) in [5, 5.41) is 10.7. The number of phosphoric ester groups is 2. The van der Waals surface area contributed by atoms with Crippen molar-refractivity contribution >= 4 is 39.5 Å². The van der Waals surface area contributed by atoms with Gasteiger partial charge in [-0.2, -0.15) is 0 Å². The highest BCUT2D eigenvalue weighted by molar-refractivity contribution is 7.47. The number of ether oxygens (including phenoxy) is 4. The molecule has 3 N–H and O–H groups in total. The molecule has 0 heterocycles. The molecule has 5 atom stereocenters. The van der Waals surface area contributed by atoms with E-state index in [1.54, 1.807) is 0 Å². The van der Waals surface area contributed by atoms with Crippen LogP contribution in [0.4, 0.5) is 0 Å². The number of carbonyl (C=O) groups is 4. The van der Waals surface area contributed by atoms with E-state index in [1.165, 1.54) is 238 Å². The van der Waals surface area contributed by atoms with Gasteiger partial charge in [-0.05, 0) is 43.4 Å². The molecule has 0 aromatic carbocycles. The van der Waals surface area contributed by atoms with Crippen LogP contribution >= 0.6 is 15.6 Å². The summed E-state index contributed by atoms with van der Waals surface area (Å²) in [7, 11) is -9.92. The SMILES string of the molecule is CCCCCCCCCCCCCC(=O)OC[C@H](COP(=O)(O)OC[C@H](O)COP(=O)(O)OC[C@@H](COC(=O)CCCCCCCCCCCCCCCCCC(C)C)OC(=O)CCCCCCCCCCCCCCCCCC(C)C)OC(=O)CCCCCCCCCCCCCC(C)C. The molecule has 0 spiro atoms. The smallest absolute Gasteiger partial charge is 0.462 e. The van der Waals surface area contributed by atoms with Gasteiger partial charge >= 0.3 is 39.5 Å². The number of hydrogen-bond donors (Lipinski definition) is 3. The van der Waals surface area contributed by atoms with Crippen molar-refractivity contribution in [3.63, 3.8) is 0 Å². The molecule has 0 aromatic rings. The second-order valence-electron chi connectivity index (χ2n) is 30.9. The highest BCUT2D eigenvalue weighted by Gasteiger charge is 2.30. The van der Waals surface area contributed by atoms with E-state index in [4.69, 9.17) is 37.0 Å². The Hall–Kier alpha value is -1.94. The third kappa shape index (κ3) is 76.1. The number of unbranched alkanes of at least 4 members (excludes halogenated alkanes) is 48. The molecule has 0 radical (unpaired) electrons. The molecule has 0 aliphatic heterocycles. The van der Waals surface area contributed by atoms with Crippen molar-refractivity contribution in [2.45, 2.75) is 446 Å². The van der Waals surface area contributed by atoms with Crippen molar-refractivity contribution < 1.29 is 80.2 Å². The number of aliphatic hydroxyl groups is 1. The molecule has 0 amide bonds. The van der Waals surface area contributed by atoms with Gasteiger partial charge in [0.25, 0.3) is 0 Å². The first-order valence-electron chi connectivity index (χ1n) is 42.3. The lowest BCUT2D eigenvalue weighted by Crippen LogP contribution is -2.30. The largest absolute Gasteiger partial charge is 0.472 e. The highest BCUT2D eigenvalue weighted by Crippen LogP contribution is 2.45. The summed E-state index contributed by atoms with van der Waals surface area (Å²) in [5.41, 5.74) is 0. The number of carbonyl (C=O) groups excluding carboxylic acids is 4. The van der Waals surface area contributed by atoms with Crippen molar-refractivity contribution in [2.24, 2.45) is 17.8 Å². The van der Waals surface area contributed by atoms with Crippen molar-refractivity contribution in [3.8, 4) is 0 Å². The van der Waals surface area contributed by atoms with Gasteiger partial charge in [0, 0.05) is 25.7 Å². The standard InChI is InChI=1S/C82H160O17P2/c1-8-9-10-11-12-13-25-35-42-49-56-63-79(84)92-69-77(99-82(87)66-59-52-45-38-31-24-28-34-41-48-55-62-75(6)7)71-96-100(88,89)94-67-76(83)68-95-101(90,91)97-72-78(98-81(86)65-58-51-44-37-30-23-19-15-17-21-27-33-40-47-54-61-74(4)5)70-93-80(85)64-57-50-43-36-29-22-18-14-16-20-26-32-39-46-53-60-73(2)3/h73-78,83H,8-72H2,1-7H3,(H,88,89)(H,90,91)/t76-,77+,78+/m0/s1. The zero-order chi connectivity index (χ0) is 74.4. The van der Waals surface area contributed by atoms with Gasteiger partial charge < -0.3 is 33.8 Å². The fourth-order valence-electron chi connectivity index (χ4n) is 12.7. The van der Waals surface area contributed by atoms with Crippen LogP contribution in [-0.2, 0) is 65.4 Å². The number of esters is 4.